The Hall–Kier alpha value is -2.66. The van der Waals surface area contributed by atoms with Crippen LogP contribution in [0.3, 0.4) is 0 Å². The molecular weight excluding hydrogens is 342 g/mol. The number of hydrogen-bond acceptors (Lipinski definition) is 5. The fourth-order valence-electron chi connectivity index (χ4n) is 4.76. The van der Waals surface area contributed by atoms with Gasteiger partial charge in [-0.25, -0.2) is 0 Å². The first-order valence-corrected chi connectivity index (χ1v) is 9.27. The highest BCUT2D eigenvalue weighted by atomic mass is 16.7. The zero-order valence-corrected chi connectivity index (χ0v) is 15.7. The van der Waals surface area contributed by atoms with Crippen LogP contribution in [0, 0.1) is 0 Å². The summed E-state index contributed by atoms with van der Waals surface area (Å²) < 4.78 is 22.3. The Morgan fingerprint density at radius 3 is 2.22 bits per heavy atom. The quantitative estimate of drug-likeness (QED) is 0.771. The Kier molecular flexibility index (Phi) is 3.79. The van der Waals surface area contributed by atoms with E-state index in [1.807, 2.05) is 6.08 Å². The highest BCUT2D eigenvalue weighted by Crippen LogP contribution is 2.51. The second-order valence-corrected chi connectivity index (χ2v) is 7.24. The number of ether oxygens (including phenoxy) is 4. The van der Waals surface area contributed by atoms with Crippen molar-refractivity contribution in [3.63, 3.8) is 0 Å². The van der Waals surface area contributed by atoms with Crippen molar-refractivity contribution >= 4 is 0 Å². The molecule has 2 aromatic rings. The fourth-order valence-corrected chi connectivity index (χ4v) is 4.76. The third kappa shape index (κ3) is 2.42. The summed E-state index contributed by atoms with van der Waals surface area (Å²) in [5.41, 5.74) is 5.31. The molecule has 0 saturated heterocycles. The van der Waals surface area contributed by atoms with E-state index in [2.05, 4.69) is 35.7 Å². The normalized spacial score (nSPS) is 22.0. The molecule has 0 unspecified atom stereocenters. The first-order valence-electron chi connectivity index (χ1n) is 9.27. The van der Waals surface area contributed by atoms with Gasteiger partial charge in [-0.15, -0.1) is 6.58 Å². The molecule has 3 aliphatic heterocycles. The molecule has 3 aliphatic rings. The van der Waals surface area contributed by atoms with Crippen molar-refractivity contribution < 1.29 is 18.9 Å². The van der Waals surface area contributed by atoms with Gasteiger partial charge in [-0.05, 0) is 59.4 Å². The molecule has 0 amide bonds. The average molecular weight is 365 g/mol. The van der Waals surface area contributed by atoms with Gasteiger partial charge in [0.25, 0.3) is 0 Å². The van der Waals surface area contributed by atoms with Crippen molar-refractivity contribution in [3.05, 3.63) is 59.2 Å². The Labute approximate surface area is 159 Å². The van der Waals surface area contributed by atoms with Crippen LogP contribution in [0.15, 0.2) is 36.9 Å². The van der Waals surface area contributed by atoms with Crippen molar-refractivity contribution in [2.24, 2.45) is 0 Å². The molecule has 0 N–H and O–H groups in total. The minimum atomic E-state index is 0.282. The fraction of sp³-hybridized carbons (Fsp3) is 0.364. The van der Waals surface area contributed by atoms with Gasteiger partial charge in [0, 0.05) is 18.6 Å². The third-order valence-corrected chi connectivity index (χ3v) is 5.96. The zero-order valence-electron chi connectivity index (χ0n) is 15.7. The molecule has 2 aromatic carbocycles. The topological polar surface area (TPSA) is 40.2 Å². The van der Waals surface area contributed by atoms with Crippen LogP contribution in [0.2, 0.25) is 0 Å². The van der Waals surface area contributed by atoms with E-state index < -0.39 is 0 Å². The van der Waals surface area contributed by atoms with Crippen LogP contribution in [0.25, 0.3) is 0 Å². The van der Waals surface area contributed by atoms with E-state index in [9.17, 15) is 0 Å². The number of nitrogens with zero attached hydrogens (tertiary/aromatic N) is 1. The first-order chi connectivity index (χ1) is 13.2. The third-order valence-electron chi connectivity index (χ3n) is 5.96. The molecule has 5 heteroatoms. The maximum absolute atomic E-state index is 5.64. The molecule has 5 rings (SSSR count). The van der Waals surface area contributed by atoms with Crippen LogP contribution in [0.1, 0.15) is 34.3 Å². The SMILES string of the molecule is C=CCN1[C@H]2Cc3cc4c(cc3[C@@H]1Cc1cc(OC)c(OC)cc12)OCO4. The highest BCUT2D eigenvalue weighted by molar-refractivity contribution is 5.56. The van der Waals surface area contributed by atoms with Gasteiger partial charge >= 0.3 is 0 Å². The molecular formula is C22H23NO4. The second-order valence-electron chi connectivity index (χ2n) is 7.24. The lowest BCUT2D eigenvalue weighted by Gasteiger charge is -2.47. The summed E-state index contributed by atoms with van der Waals surface area (Å²) in [7, 11) is 3.38. The van der Waals surface area contributed by atoms with Crippen molar-refractivity contribution in [2.75, 3.05) is 27.6 Å². The van der Waals surface area contributed by atoms with Crippen molar-refractivity contribution in [1.29, 1.82) is 0 Å². The van der Waals surface area contributed by atoms with Crippen LogP contribution in [-0.2, 0) is 12.8 Å². The van der Waals surface area contributed by atoms with Crippen LogP contribution in [0.4, 0.5) is 0 Å². The smallest absolute Gasteiger partial charge is 0.231 e. The van der Waals surface area contributed by atoms with Gasteiger partial charge < -0.3 is 18.9 Å². The molecule has 2 bridgehead atoms. The van der Waals surface area contributed by atoms with Crippen molar-refractivity contribution in [2.45, 2.75) is 24.9 Å². The predicted molar refractivity (Wildman–Crippen MR) is 102 cm³/mol. The maximum atomic E-state index is 5.64. The molecule has 0 spiro atoms. The van der Waals surface area contributed by atoms with Gasteiger partial charge in [0.1, 0.15) is 0 Å². The number of hydrogen-bond donors (Lipinski definition) is 0. The summed E-state index contributed by atoms with van der Waals surface area (Å²) in [6.45, 7) is 5.13. The van der Waals surface area contributed by atoms with Crippen LogP contribution < -0.4 is 18.9 Å². The van der Waals surface area contributed by atoms with Crippen molar-refractivity contribution in [3.8, 4) is 23.0 Å². The van der Waals surface area contributed by atoms with Crippen molar-refractivity contribution in [1.82, 2.24) is 4.90 Å². The maximum Gasteiger partial charge on any atom is 0.231 e. The summed E-state index contributed by atoms with van der Waals surface area (Å²) in [6.07, 6.45) is 3.84. The largest absolute Gasteiger partial charge is 0.493 e. The Morgan fingerprint density at radius 2 is 1.56 bits per heavy atom. The van der Waals surface area contributed by atoms with E-state index >= 15 is 0 Å². The van der Waals surface area contributed by atoms with Crippen LogP contribution in [0.5, 0.6) is 23.0 Å². The Bertz CT molecular complexity index is 923. The van der Waals surface area contributed by atoms with Gasteiger partial charge in [-0.1, -0.05) is 6.08 Å². The molecule has 0 aromatic heterocycles. The molecule has 0 fully saturated rings. The lowest BCUT2D eigenvalue weighted by molar-refractivity contribution is 0.117. The van der Waals surface area contributed by atoms with E-state index in [1.54, 1.807) is 14.2 Å². The van der Waals surface area contributed by atoms with Gasteiger partial charge in [0.2, 0.25) is 6.79 Å². The van der Waals surface area contributed by atoms with Crippen LogP contribution in [-0.4, -0.2) is 32.5 Å². The van der Waals surface area contributed by atoms with E-state index in [-0.39, 0.29) is 12.1 Å². The van der Waals surface area contributed by atoms with E-state index in [4.69, 9.17) is 18.9 Å². The van der Waals surface area contributed by atoms with Gasteiger partial charge in [0.15, 0.2) is 23.0 Å². The number of rotatable bonds is 4. The van der Waals surface area contributed by atoms with Crippen LogP contribution >= 0.6 is 0 Å². The molecule has 2 atom stereocenters. The minimum absolute atomic E-state index is 0.282. The molecule has 140 valence electrons. The predicted octanol–water partition coefficient (Wildman–Crippen LogP) is 3.82. The van der Waals surface area contributed by atoms with Gasteiger partial charge in [-0.3, -0.25) is 4.90 Å². The molecule has 0 radical (unpaired) electrons. The highest BCUT2D eigenvalue weighted by Gasteiger charge is 2.41. The van der Waals surface area contributed by atoms with E-state index in [0.717, 1.165) is 42.4 Å². The monoisotopic (exact) mass is 365 g/mol. The lowest BCUT2D eigenvalue weighted by atomic mass is 9.76. The van der Waals surface area contributed by atoms with Gasteiger partial charge in [-0.2, -0.15) is 0 Å². The Balaban J connectivity index is 1.66. The summed E-state index contributed by atoms with van der Waals surface area (Å²) in [5, 5.41) is 0. The minimum Gasteiger partial charge on any atom is -0.493 e. The molecule has 0 aliphatic carbocycles. The number of fused-ring (bicyclic) bond motifs is 7. The summed E-state index contributed by atoms with van der Waals surface area (Å²) in [6, 6.07) is 9.18. The zero-order chi connectivity index (χ0) is 18.5. The molecule has 0 saturated carbocycles. The lowest BCUT2D eigenvalue weighted by Crippen LogP contribution is -2.43. The standard InChI is InChI=1S/C22H23NO4/c1-4-5-23-17-7-14-9-21-22(27-12-26-21)11-16(14)18(23)6-13-8-19(24-2)20(25-3)10-15(13)17/h4,8-11,17-18H,1,5-7,12H2,2-3H3/t17-,18-/m0/s1. The number of methoxy groups -OCH3 is 2. The van der Waals surface area contributed by atoms with Gasteiger partial charge in [0.05, 0.1) is 14.2 Å². The summed E-state index contributed by atoms with van der Waals surface area (Å²) in [5.74, 6) is 3.28. The molecule has 27 heavy (non-hydrogen) atoms. The number of benzene rings is 2. The second kappa shape index (κ2) is 6.20. The molecule has 5 nitrogen and oxygen atoms in total. The Morgan fingerprint density at radius 1 is 0.963 bits per heavy atom. The van der Waals surface area contributed by atoms with E-state index in [0.29, 0.717) is 6.79 Å². The average Bonchev–Trinajstić information content (AvgIpc) is 3.14. The van der Waals surface area contributed by atoms with E-state index in [1.165, 1.54) is 22.3 Å². The molecule has 3 heterocycles. The summed E-state index contributed by atoms with van der Waals surface area (Å²) in [4.78, 5) is 2.53. The first kappa shape index (κ1) is 16.5. The summed E-state index contributed by atoms with van der Waals surface area (Å²) >= 11 is 0.